The summed E-state index contributed by atoms with van der Waals surface area (Å²) in [5.41, 5.74) is 6.44. The minimum atomic E-state index is -0.507. The summed E-state index contributed by atoms with van der Waals surface area (Å²) in [4.78, 5) is 15.3. The number of hydrogen-bond acceptors (Lipinski definition) is 4. The van der Waals surface area contributed by atoms with Gasteiger partial charge in [-0.2, -0.15) is 0 Å². The van der Waals surface area contributed by atoms with Crippen molar-refractivity contribution in [2.24, 2.45) is 5.73 Å². The summed E-state index contributed by atoms with van der Waals surface area (Å²) in [5, 5.41) is 3.20. The average Bonchev–Trinajstić information content (AvgIpc) is 2.28. The van der Waals surface area contributed by atoms with E-state index in [0.29, 0.717) is 18.1 Å². The van der Waals surface area contributed by atoms with E-state index in [1.807, 2.05) is 6.92 Å². The molecule has 1 aromatic heterocycles. The molecule has 1 rings (SSSR count). The van der Waals surface area contributed by atoms with Crippen LogP contribution < -0.4 is 15.8 Å². The van der Waals surface area contributed by atoms with Crippen molar-refractivity contribution >= 4 is 5.91 Å². The standard InChI is InChI=1S/C12H19N3O2/c1-3-5-14-7-8-17-12-10(11(13)16)9(2)4-6-15-12/h4,6,14H,3,5,7-8H2,1-2H3,(H2,13,16). The number of hydrogen-bond donors (Lipinski definition) is 2. The first-order valence-corrected chi connectivity index (χ1v) is 5.75. The summed E-state index contributed by atoms with van der Waals surface area (Å²) >= 11 is 0. The highest BCUT2D eigenvalue weighted by molar-refractivity contribution is 5.96. The first-order chi connectivity index (χ1) is 8.16. The number of nitrogens with two attached hydrogens (primary N) is 1. The molecule has 1 aromatic rings. The summed E-state index contributed by atoms with van der Waals surface area (Å²) in [6.45, 7) is 6.05. The molecule has 5 heteroatoms. The lowest BCUT2D eigenvalue weighted by atomic mass is 10.1. The van der Waals surface area contributed by atoms with Crippen molar-refractivity contribution in [3.05, 3.63) is 23.4 Å². The molecule has 0 spiro atoms. The maximum atomic E-state index is 11.3. The van der Waals surface area contributed by atoms with Gasteiger partial charge in [-0.15, -0.1) is 0 Å². The molecule has 1 heterocycles. The van der Waals surface area contributed by atoms with Gasteiger partial charge in [-0.25, -0.2) is 4.98 Å². The van der Waals surface area contributed by atoms with E-state index in [4.69, 9.17) is 10.5 Å². The zero-order valence-electron chi connectivity index (χ0n) is 10.3. The molecule has 0 bridgehead atoms. The van der Waals surface area contributed by atoms with Crippen molar-refractivity contribution in [1.29, 1.82) is 0 Å². The van der Waals surface area contributed by atoms with E-state index in [9.17, 15) is 4.79 Å². The Labute approximate surface area is 101 Å². The molecule has 5 nitrogen and oxygen atoms in total. The van der Waals surface area contributed by atoms with E-state index in [1.165, 1.54) is 0 Å². The molecule has 17 heavy (non-hydrogen) atoms. The number of nitrogens with one attached hydrogen (secondary N) is 1. The van der Waals surface area contributed by atoms with E-state index in [2.05, 4.69) is 17.2 Å². The van der Waals surface area contributed by atoms with Crippen LogP contribution in [0.15, 0.2) is 12.3 Å². The molecule has 0 aliphatic heterocycles. The molecular formula is C12H19N3O2. The number of rotatable bonds is 7. The van der Waals surface area contributed by atoms with Crippen LogP contribution >= 0.6 is 0 Å². The third-order valence-corrected chi connectivity index (χ3v) is 2.32. The predicted octanol–water partition coefficient (Wildman–Crippen LogP) is 0.867. The molecule has 0 aromatic carbocycles. The van der Waals surface area contributed by atoms with Gasteiger partial charge in [0.25, 0.3) is 5.91 Å². The fourth-order valence-corrected chi connectivity index (χ4v) is 1.46. The number of pyridine rings is 1. The van der Waals surface area contributed by atoms with Crippen LogP contribution in [0.25, 0.3) is 0 Å². The Balaban J connectivity index is 2.58. The molecule has 0 atom stereocenters. The lowest BCUT2D eigenvalue weighted by Crippen LogP contribution is -2.23. The van der Waals surface area contributed by atoms with Crippen molar-refractivity contribution in [1.82, 2.24) is 10.3 Å². The maximum Gasteiger partial charge on any atom is 0.254 e. The minimum Gasteiger partial charge on any atom is -0.476 e. The lowest BCUT2D eigenvalue weighted by molar-refractivity contribution is 0.0995. The number of carbonyl (C=O) groups excluding carboxylic acids is 1. The highest BCUT2D eigenvalue weighted by atomic mass is 16.5. The molecule has 0 aliphatic carbocycles. The molecule has 0 saturated carbocycles. The Kier molecular flexibility index (Phi) is 5.42. The molecule has 0 aliphatic rings. The Morgan fingerprint density at radius 2 is 2.29 bits per heavy atom. The number of nitrogens with zero attached hydrogens (tertiary/aromatic N) is 1. The second-order valence-corrected chi connectivity index (χ2v) is 3.77. The largest absolute Gasteiger partial charge is 0.476 e. The summed E-state index contributed by atoms with van der Waals surface area (Å²) < 4.78 is 5.45. The van der Waals surface area contributed by atoms with Crippen LogP contribution in [0.1, 0.15) is 29.3 Å². The van der Waals surface area contributed by atoms with Gasteiger partial charge in [0.15, 0.2) is 0 Å². The Morgan fingerprint density at radius 1 is 1.53 bits per heavy atom. The highest BCUT2D eigenvalue weighted by Gasteiger charge is 2.13. The topological polar surface area (TPSA) is 77.2 Å². The Bertz CT molecular complexity index is 380. The Morgan fingerprint density at radius 3 is 2.94 bits per heavy atom. The second kappa shape index (κ2) is 6.85. The summed E-state index contributed by atoms with van der Waals surface area (Å²) in [6.07, 6.45) is 2.69. The normalized spacial score (nSPS) is 10.2. The minimum absolute atomic E-state index is 0.316. The van der Waals surface area contributed by atoms with Gasteiger partial charge in [-0.3, -0.25) is 4.79 Å². The maximum absolute atomic E-state index is 11.3. The van der Waals surface area contributed by atoms with Crippen LogP contribution in [0, 0.1) is 6.92 Å². The van der Waals surface area contributed by atoms with Crippen LogP contribution in [-0.4, -0.2) is 30.6 Å². The van der Waals surface area contributed by atoms with Crippen molar-refractivity contribution in [2.45, 2.75) is 20.3 Å². The van der Waals surface area contributed by atoms with E-state index >= 15 is 0 Å². The molecular weight excluding hydrogens is 218 g/mol. The lowest BCUT2D eigenvalue weighted by Gasteiger charge is -2.10. The molecule has 0 saturated heterocycles. The zero-order chi connectivity index (χ0) is 12.7. The van der Waals surface area contributed by atoms with Gasteiger partial charge in [-0.05, 0) is 31.5 Å². The second-order valence-electron chi connectivity index (χ2n) is 3.77. The molecule has 0 fully saturated rings. The van der Waals surface area contributed by atoms with Crippen molar-refractivity contribution in [2.75, 3.05) is 19.7 Å². The monoisotopic (exact) mass is 237 g/mol. The first-order valence-electron chi connectivity index (χ1n) is 5.75. The summed E-state index contributed by atoms with van der Waals surface area (Å²) in [6, 6.07) is 1.74. The van der Waals surface area contributed by atoms with Gasteiger partial charge in [0.1, 0.15) is 12.2 Å². The van der Waals surface area contributed by atoms with Crippen LogP contribution in [0.3, 0.4) is 0 Å². The van der Waals surface area contributed by atoms with Gasteiger partial charge < -0.3 is 15.8 Å². The number of aryl methyl sites for hydroxylation is 1. The van der Waals surface area contributed by atoms with Crippen LogP contribution in [0.2, 0.25) is 0 Å². The summed E-state index contributed by atoms with van der Waals surface area (Å²) in [7, 11) is 0. The van der Waals surface area contributed by atoms with Gasteiger partial charge in [0.05, 0.1) is 0 Å². The number of primary amides is 1. The molecule has 3 N–H and O–H groups in total. The third kappa shape index (κ3) is 4.03. The quantitative estimate of drug-likeness (QED) is 0.690. The van der Waals surface area contributed by atoms with Crippen molar-refractivity contribution < 1.29 is 9.53 Å². The Hall–Kier alpha value is -1.62. The van der Waals surface area contributed by atoms with Gasteiger partial charge in [-0.1, -0.05) is 6.92 Å². The van der Waals surface area contributed by atoms with Crippen LogP contribution in [0.4, 0.5) is 0 Å². The van der Waals surface area contributed by atoms with Gasteiger partial charge >= 0.3 is 0 Å². The van der Waals surface area contributed by atoms with Crippen molar-refractivity contribution in [3.8, 4) is 5.88 Å². The number of ether oxygens (including phenoxy) is 1. The number of carbonyl (C=O) groups is 1. The average molecular weight is 237 g/mol. The number of amides is 1. The van der Waals surface area contributed by atoms with Crippen molar-refractivity contribution in [3.63, 3.8) is 0 Å². The molecule has 1 amide bonds. The fourth-order valence-electron chi connectivity index (χ4n) is 1.46. The zero-order valence-corrected chi connectivity index (χ0v) is 10.3. The van der Waals surface area contributed by atoms with E-state index in [0.717, 1.165) is 25.1 Å². The summed E-state index contributed by atoms with van der Waals surface area (Å²) in [5.74, 6) is -0.192. The van der Waals surface area contributed by atoms with Crippen LogP contribution in [0.5, 0.6) is 5.88 Å². The fraction of sp³-hybridized carbons (Fsp3) is 0.500. The molecule has 0 radical (unpaired) electrons. The van der Waals surface area contributed by atoms with E-state index in [-0.39, 0.29) is 0 Å². The smallest absolute Gasteiger partial charge is 0.254 e. The highest BCUT2D eigenvalue weighted by Crippen LogP contribution is 2.17. The van der Waals surface area contributed by atoms with E-state index < -0.39 is 5.91 Å². The van der Waals surface area contributed by atoms with E-state index in [1.54, 1.807) is 12.3 Å². The predicted molar refractivity (Wildman–Crippen MR) is 66.1 cm³/mol. The third-order valence-electron chi connectivity index (χ3n) is 2.32. The number of aromatic nitrogens is 1. The van der Waals surface area contributed by atoms with Gasteiger partial charge in [0.2, 0.25) is 5.88 Å². The molecule has 0 unspecified atom stereocenters. The van der Waals surface area contributed by atoms with Gasteiger partial charge in [0, 0.05) is 12.7 Å². The van der Waals surface area contributed by atoms with Crippen LogP contribution in [-0.2, 0) is 0 Å². The molecule has 94 valence electrons. The SMILES string of the molecule is CCCNCCOc1nccc(C)c1C(N)=O. The first kappa shape index (κ1) is 13.4.